The number of hydrogen-bond donors (Lipinski definition) is 1. The molecule has 1 aliphatic heterocycles. The minimum Gasteiger partial charge on any atom is -0.489 e. The monoisotopic (exact) mass is 659 g/mol. The van der Waals surface area contributed by atoms with Crippen LogP contribution < -0.4 is 15.4 Å². The first-order valence-corrected chi connectivity index (χ1v) is 14.8. The number of aryl methyl sites for hydroxylation is 2. The number of Topliss-reactive ketones (excluding diaryl/α,β-unsaturated/α-hetero) is 1. The van der Waals surface area contributed by atoms with Crippen molar-refractivity contribution in [3.63, 3.8) is 0 Å². The molecule has 0 bridgehead atoms. The standard InChI is InChI=1S/C33H31Br2N3O2/c1-19-13-20(2)26(14-21(19)18-40-25-11-7-23(35)8-12-25)30-27(17-36)32(37)38(24-9-5-22(34)6-10-24)28-15-33(3,4)16-29(39)31(28)30/h5-14,30H,15-16,18,37H2,1-4H3. The molecule has 0 radical (unpaired) electrons. The number of halogens is 2. The quantitative estimate of drug-likeness (QED) is 0.298. The summed E-state index contributed by atoms with van der Waals surface area (Å²) in [5.41, 5.74) is 13.4. The van der Waals surface area contributed by atoms with E-state index in [4.69, 9.17) is 10.5 Å². The summed E-state index contributed by atoms with van der Waals surface area (Å²) in [4.78, 5) is 15.8. The number of allylic oxidation sites excluding steroid dienone is 3. The number of nitrogens with zero attached hydrogens (tertiary/aromatic N) is 2. The number of hydrogen-bond acceptors (Lipinski definition) is 5. The molecule has 204 valence electrons. The van der Waals surface area contributed by atoms with Crippen molar-refractivity contribution in [1.29, 1.82) is 5.26 Å². The van der Waals surface area contributed by atoms with E-state index in [0.717, 1.165) is 48.3 Å². The second kappa shape index (κ2) is 10.9. The van der Waals surface area contributed by atoms with Crippen molar-refractivity contribution in [1.82, 2.24) is 0 Å². The van der Waals surface area contributed by atoms with Gasteiger partial charge in [-0.15, -0.1) is 0 Å². The summed E-state index contributed by atoms with van der Waals surface area (Å²) in [6.07, 6.45) is 1.09. The average Bonchev–Trinajstić information content (AvgIpc) is 2.89. The van der Waals surface area contributed by atoms with Crippen LogP contribution in [0.15, 0.2) is 92.3 Å². The maximum Gasteiger partial charge on any atom is 0.162 e. The summed E-state index contributed by atoms with van der Waals surface area (Å²) in [5.74, 6) is 0.657. The predicted molar refractivity (Wildman–Crippen MR) is 166 cm³/mol. The smallest absolute Gasteiger partial charge is 0.162 e. The van der Waals surface area contributed by atoms with Gasteiger partial charge in [-0.2, -0.15) is 5.26 Å². The van der Waals surface area contributed by atoms with E-state index in [1.54, 1.807) is 0 Å². The number of rotatable bonds is 5. The van der Waals surface area contributed by atoms with E-state index in [2.05, 4.69) is 70.8 Å². The number of nitriles is 1. The van der Waals surface area contributed by atoms with Crippen LogP contribution in [0.1, 0.15) is 54.9 Å². The van der Waals surface area contributed by atoms with E-state index >= 15 is 0 Å². The molecule has 0 spiro atoms. The van der Waals surface area contributed by atoms with Crippen molar-refractivity contribution in [2.24, 2.45) is 11.1 Å². The molecule has 5 rings (SSSR count). The van der Waals surface area contributed by atoms with Crippen molar-refractivity contribution in [2.45, 2.75) is 53.1 Å². The lowest BCUT2D eigenvalue weighted by Crippen LogP contribution is -2.42. The zero-order chi connectivity index (χ0) is 28.8. The van der Waals surface area contributed by atoms with Gasteiger partial charge >= 0.3 is 0 Å². The molecular formula is C33H31Br2N3O2. The Morgan fingerprint density at radius 1 is 1.00 bits per heavy atom. The Labute approximate surface area is 252 Å². The fourth-order valence-electron chi connectivity index (χ4n) is 5.78. The second-order valence-corrected chi connectivity index (χ2v) is 13.2. The van der Waals surface area contributed by atoms with E-state index in [1.165, 1.54) is 0 Å². The normalized spacial score (nSPS) is 18.5. The highest BCUT2D eigenvalue weighted by Crippen LogP contribution is 2.51. The van der Waals surface area contributed by atoms with E-state index in [9.17, 15) is 10.1 Å². The third-order valence-electron chi connectivity index (χ3n) is 7.71. The van der Waals surface area contributed by atoms with E-state index < -0.39 is 5.92 Å². The van der Waals surface area contributed by atoms with Crippen molar-refractivity contribution >= 4 is 43.3 Å². The van der Waals surface area contributed by atoms with Gasteiger partial charge in [-0.25, -0.2) is 0 Å². The van der Waals surface area contributed by atoms with Crippen LogP contribution in [0, 0.1) is 30.6 Å². The van der Waals surface area contributed by atoms with Crippen molar-refractivity contribution in [3.8, 4) is 11.8 Å². The lowest BCUT2D eigenvalue weighted by Gasteiger charge is -2.44. The zero-order valence-corrected chi connectivity index (χ0v) is 26.2. The minimum absolute atomic E-state index is 0.0613. The first-order chi connectivity index (χ1) is 19.0. The van der Waals surface area contributed by atoms with Crippen LogP contribution in [0.25, 0.3) is 0 Å². The minimum atomic E-state index is -0.540. The summed E-state index contributed by atoms with van der Waals surface area (Å²) in [7, 11) is 0. The Balaban J connectivity index is 1.65. The Bertz CT molecular complexity index is 1600. The Morgan fingerprint density at radius 2 is 1.62 bits per heavy atom. The molecule has 1 atom stereocenters. The topological polar surface area (TPSA) is 79.4 Å². The van der Waals surface area contributed by atoms with Gasteiger partial charge in [0.25, 0.3) is 0 Å². The van der Waals surface area contributed by atoms with Crippen LogP contribution in [-0.2, 0) is 11.4 Å². The van der Waals surface area contributed by atoms with Crippen LogP contribution in [0.3, 0.4) is 0 Å². The van der Waals surface area contributed by atoms with Gasteiger partial charge < -0.3 is 10.5 Å². The molecule has 1 aliphatic carbocycles. The highest BCUT2D eigenvalue weighted by molar-refractivity contribution is 9.10. The van der Waals surface area contributed by atoms with Crippen LogP contribution in [0.4, 0.5) is 5.69 Å². The van der Waals surface area contributed by atoms with Crippen LogP contribution in [0.2, 0.25) is 0 Å². The van der Waals surface area contributed by atoms with E-state index in [1.807, 2.05) is 60.4 Å². The van der Waals surface area contributed by atoms with Gasteiger partial charge in [0.1, 0.15) is 18.2 Å². The number of carbonyl (C=O) groups is 1. The molecule has 3 aromatic rings. The van der Waals surface area contributed by atoms with Crippen molar-refractivity contribution in [3.05, 3.63) is 115 Å². The third-order valence-corrected chi connectivity index (χ3v) is 8.77. The van der Waals surface area contributed by atoms with Gasteiger partial charge in [0.05, 0.1) is 17.6 Å². The molecule has 2 N–H and O–H groups in total. The predicted octanol–water partition coefficient (Wildman–Crippen LogP) is 8.35. The van der Waals surface area contributed by atoms with Gasteiger partial charge in [-0.05, 0) is 96.5 Å². The van der Waals surface area contributed by atoms with E-state index in [0.29, 0.717) is 36.4 Å². The van der Waals surface area contributed by atoms with Gasteiger partial charge in [0, 0.05) is 32.3 Å². The zero-order valence-electron chi connectivity index (χ0n) is 23.0. The number of carbonyl (C=O) groups excluding carboxylic acids is 1. The van der Waals surface area contributed by atoms with E-state index in [-0.39, 0.29) is 11.2 Å². The number of anilines is 1. The molecule has 0 aromatic heterocycles. The SMILES string of the molecule is Cc1cc(C)c(C2C(C#N)=C(N)N(c3ccc(Br)cc3)C3=C2C(=O)CC(C)(C)C3)cc1COc1ccc(Br)cc1. The fraction of sp³-hybridized carbons (Fsp3) is 0.273. The molecule has 2 aliphatic rings. The number of ketones is 1. The molecule has 3 aromatic carbocycles. The Kier molecular flexibility index (Phi) is 7.69. The first-order valence-electron chi connectivity index (χ1n) is 13.2. The average molecular weight is 661 g/mol. The third kappa shape index (κ3) is 5.35. The number of ether oxygens (including phenoxy) is 1. The van der Waals surface area contributed by atoms with Crippen LogP contribution in [-0.4, -0.2) is 5.78 Å². The summed E-state index contributed by atoms with van der Waals surface area (Å²) >= 11 is 6.97. The maximum absolute atomic E-state index is 13.9. The highest BCUT2D eigenvalue weighted by Gasteiger charge is 2.45. The number of nitrogens with two attached hydrogens (primary N) is 1. The van der Waals surface area contributed by atoms with Gasteiger partial charge in [-0.1, -0.05) is 57.8 Å². The number of benzene rings is 3. The molecular weight excluding hydrogens is 630 g/mol. The van der Waals surface area contributed by atoms with Crippen molar-refractivity contribution in [2.75, 3.05) is 4.90 Å². The second-order valence-electron chi connectivity index (χ2n) is 11.3. The fourth-order valence-corrected chi connectivity index (χ4v) is 6.31. The first kappa shape index (κ1) is 28.2. The summed E-state index contributed by atoms with van der Waals surface area (Å²) < 4.78 is 8.04. The summed E-state index contributed by atoms with van der Waals surface area (Å²) in [5, 5.41) is 10.5. The lowest BCUT2D eigenvalue weighted by atomic mass is 9.68. The molecule has 1 unspecified atom stereocenters. The van der Waals surface area contributed by atoms with Gasteiger partial charge in [0.15, 0.2) is 5.78 Å². The molecule has 0 fully saturated rings. The van der Waals surface area contributed by atoms with Crippen LogP contribution in [0.5, 0.6) is 5.75 Å². The lowest BCUT2D eigenvalue weighted by molar-refractivity contribution is -0.118. The van der Waals surface area contributed by atoms with Crippen molar-refractivity contribution < 1.29 is 9.53 Å². The van der Waals surface area contributed by atoms with Gasteiger partial charge in [0.2, 0.25) is 0 Å². The molecule has 0 saturated carbocycles. The summed E-state index contributed by atoms with van der Waals surface area (Å²) in [6.45, 7) is 8.68. The Morgan fingerprint density at radius 3 is 2.25 bits per heavy atom. The molecule has 0 saturated heterocycles. The largest absolute Gasteiger partial charge is 0.489 e. The summed E-state index contributed by atoms with van der Waals surface area (Å²) in [6, 6.07) is 22.1. The molecule has 40 heavy (non-hydrogen) atoms. The molecule has 0 amide bonds. The van der Waals surface area contributed by atoms with Crippen LogP contribution >= 0.6 is 31.9 Å². The molecule has 5 nitrogen and oxygen atoms in total. The maximum atomic E-state index is 13.9. The highest BCUT2D eigenvalue weighted by atomic mass is 79.9. The van der Waals surface area contributed by atoms with Gasteiger partial charge in [-0.3, -0.25) is 9.69 Å². The molecule has 1 heterocycles. The Hall–Kier alpha value is -3.34. The molecule has 7 heteroatoms.